The Bertz CT molecular complexity index is 524. The summed E-state index contributed by atoms with van der Waals surface area (Å²) >= 11 is 0. The molecule has 0 unspecified atom stereocenters. The van der Waals surface area contributed by atoms with Crippen molar-refractivity contribution in [2.24, 2.45) is 0 Å². The predicted octanol–water partition coefficient (Wildman–Crippen LogP) is 1.02. The number of ether oxygens (including phenoxy) is 1. The number of anilines is 1. The van der Waals surface area contributed by atoms with Crippen molar-refractivity contribution in [1.29, 1.82) is 0 Å². The zero-order valence-electron chi connectivity index (χ0n) is 10.7. The maximum atomic E-state index is 5.09. The zero-order chi connectivity index (χ0) is 13.0. The molecule has 0 aliphatic carbocycles. The summed E-state index contributed by atoms with van der Waals surface area (Å²) in [4.78, 5) is 8.40. The molecule has 0 aliphatic heterocycles. The summed E-state index contributed by atoms with van der Waals surface area (Å²) in [5.41, 5.74) is 0. The molecule has 0 bridgehead atoms. The Morgan fingerprint density at radius 1 is 1.39 bits per heavy atom. The number of aryl methyl sites for hydroxylation is 2. The van der Waals surface area contributed by atoms with Crippen LogP contribution in [0.2, 0.25) is 0 Å². The predicted molar refractivity (Wildman–Crippen MR) is 66.3 cm³/mol. The van der Waals surface area contributed by atoms with E-state index < -0.39 is 0 Å². The van der Waals surface area contributed by atoms with Gasteiger partial charge in [-0.2, -0.15) is 4.98 Å². The molecule has 0 saturated heterocycles. The van der Waals surface area contributed by atoms with E-state index in [0.717, 1.165) is 12.4 Å². The van der Waals surface area contributed by atoms with Crippen molar-refractivity contribution in [3.8, 4) is 5.88 Å². The average molecular weight is 248 g/mol. The monoisotopic (exact) mass is 248 g/mol. The van der Waals surface area contributed by atoms with E-state index in [1.165, 1.54) is 0 Å². The van der Waals surface area contributed by atoms with Gasteiger partial charge in [0.15, 0.2) is 5.82 Å². The summed E-state index contributed by atoms with van der Waals surface area (Å²) in [6, 6.07) is 1.75. The molecule has 96 valence electrons. The molecule has 2 aromatic heterocycles. The minimum absolute atomic E-state index is 0.543. The topological polar surface area (TPSA) is 77.8 Å². The van der Waals surface area contributed by atoms with Gasteiger partial charge in [0, 0.05) is 12.6 Å². The number of rotatable bonds is 5. The van der Waals surface area contributed by atoms with Crippen molar-refractivity contribution in [2.45, 2.75) is 26.9 Å². The number of nitrogens with one attached hydrogen (secondary N) is 1. The van der Waals surface area contributed by atoms with Gasteiger partial charge in [-0.15, -0.1) is 10.2 Å². The number of aromatic nitrogens is 5. The van der Waals surface area contributed by atoms with Crippen LogP contribution >= 0.6 is 0 Å². The van der Waals surface area contributed by atoms with Crippen LogP contribution in [0.25, 0.3) is 0 Å². The second-order valence-electron chi connectivity index (χ2n) is 3.73. The van der Waals surface area contributed by atoms with Gasteiger partial charge in [0.1, 0.15) is 18.0 Å². The summed E-state index contributed by atoms with van der Waals surface area (Å²) in [7, 11) is 1.58. The summed E-state index contributed by atoms with van der Waals surface area (Å²) in [5, 5.41) is 11.1. The first-order valence-electron chi connectivity index (χ1n) is 5.73. The number of methoxy groups -OCH3 is 1. The molecule has 2 rings (SSSR count). The first kappa shape index (κ1) is 12.3. The minimum atomic E-state index is 0.543. The lowest BCUT2D eigenvalue weighted by atomic mass is 10.5. The lowest BCUT2D eigenvalue weighted by Crippen LogP contribution is -2.09. The van der Waals surface area contributed by atoms with E-state index in [1.807, 2.05) is 18.4 Å². The molecular weight excluding hydrogens is 232 g/mol. The molecule has 0 aliphatic rings. The Balaban J connectivity index is 2.08. The largest absolute Gasteiger partial charge is 0.481 e. The Labute approximate surface area is 105 Å². The van der Waals surface area contributed by atoms with Crippen LogP contribution in [0.5, 0.6) is 5.88 Å². The molecular formula is C11H16N6O. The minimum Gasteiger partial charge on any atom is -0.481 e. The van der Waals surface area contributed by atoms with Crippen LogP contribution < -0.4 is 10.1 Å². The molecule has 2 heterocycles. The maximum Gasteiger partial charge on any atom is 0.218 e. The van der Waals surface area contributed by atoms with Crippen LogP contribution in [0.3, 0.4) is 0 Å². The van der Waals surface area contributed by atoms with E-state index in [4.69, 9.17) is 4.74 Å². The van der Waals surface area contributed by atoms with E-state index in [0.29, 0.717) is 24.1 Å². The molecule has 0 atom stereocenters. The van der Waals surface area contributed by atoms with Crippen molar-refractivity contribution < 1.29 is 4.74 Å². The third-order valence-electron chi connectivity index (χ3n) is 2.49. The van der Waals surface area contributed by atoms with Gasteiger partial charge in [0.25, 0.3) is 0 Å². The molecule has 0 aromatic carbocycles. The van der Waals surface area contributed by atoms with E-state index >= 15 is 0 Å². The second-order valence-corrected chi connectivity index (χ2v) is 3.73. The Morgan fingerprint density at radius 2 is 2.22 bits per heavy atom. The SMILES string of the molecule is CCn1cnnc1CNc1cc(OC)nc(C)n1. The van der Waals surface area contributed by atoms with Crippen LogP contribution in [-0.2, 0) is 13.1 Å². The third-order valence-corrected chi connectivity index (χ3v) is 2.49. The highest BCUT2D eigenvalue weighted by atomic mass is 16.5. The van der Waals surface area contributed by atoms with Crippen LogP contribution in [0.15, 0.2) is 12.4 Å². The third kappa shape index (κ3) is 2.73. The van der Waals surface area contributed by atoms with Gasteiger partial charge in [0.05, 0.1) is 13.7 Å². The molecule has 0 fully saturated rings. The number of hydrogen-bond acceptors (Lipinski definition) is 6. The summed E-state index contributed by atoms with van der Waals surface area (Å²) in [6.45, 7) is 5.27. The summed E-state index contributed by atoms with van der Waals surface area (Å²) in [6.07, 6.45) is 1.71. The quantitative estimate of drug-likeness (QED) is 0.851. The smallest absolute Gasteiger partial charge is 0.218 e. The summed E-state index contributed by atoms with van der Waals surface area (Å²) in [5.74, 6) is 2.79. The fourth-order valence-corrected chi connectivity index (χ4v) is 1.58. The van der Waals surface area contributed by atoms with Gasteiger partial charge in [-0.1, -0.05) is 0 Å². The molecule has 0 radical (unpaired) electrons. The van der Waals surface area contributed by atoms with Crippen molar-refractivity contribution in [1.82, 2.24) is 24.7 Å². The van der Waals surface area contributed by atoms with E-state index in [-0.39, 0.29) is 0 Å². The molecule has 0 amide bonds. The fourth-order valence-electron chi connectivity index (χ4n) is 1.58. The molecule has 0 saturated carbocycles. The molecule has 18 heavy (non-hydrogen) atoms. The molecule has 7 nitrogen and oxygen atoms in total. The van der Waals surface area contributed by atoms with Crippen molar-refractivity contribution in [3.63, 3.8) is 0 Å². The van der Waals surface area contributed by atoms with Gasteiger partial charge in [-0.3, -0.25) is 0 Å². The Morgan fingerprint density at radius 3 is 2.94 bits per heavy atom. The van der Waals surface area contributed by atoms with E-state index in [9.17, 15) is 0 Å². The number of nitrogens with zero attached hydrogens (tertiary/aromatic N) is 5. The first-order chi connectivity index (χ1) is 8.72. The molecule has 7 heteroatoms. The van der Waals surface area contributed by atoms with Crippen LogP contribution in [-0.4, -0.2) is 31.8 Å². The lowest BCUT2D eigenvalue weighted by molar-refractivity contribution is 0.396. The highest BCUT2D eigenvalue weighted by Crippen LogP contribution is 2.13. The average Bonchev–Trinajstić information content (AvgIpc) is 2.83. The van der Waals surface area contributed by atoms with Crippen LogP contribution in [0.1, 0.15) is 18.6 Å². The van der Waals surface area contributed by atoms with Gasteiger partial charge in [-0.25, -0.2) is 4.98 Å². The van der Waals surface area contributed by atoms with Crippen LogP contribution in [0.4, 0.5) is 5.82 Å². The van der Waals surface area contributed by atoms with E-state index in [2.05, 4.69) is 25.5 Å². The van der Waals surface area contributed by atoms with Gasteiger partial charge < -0.3 is 14.6 Å². The molecule has 1 N–H and O–H groups in total. The van der Waals surface area contributed by atoms with E-state index in [1.54, 1.807) is 19.5 Å². The highest BCUT2D eigenvalue weighted by molar-refractivity contribution is 5.38. The van der Waals surface area contributed by atoms with Gasteiger partial charge >= 0.3 is 0 Å². The second kappa shape index (κ2) is 5.44. The maximum absolute atomic E-state index is 5.09. The normalized spacial score (nSPS) is 10.4. The Kier molecular flexibility index (Phi) is 3.71. The van der Waals surface area contributed by atoms with Crippen molar-refractivity contribution in [3.05, 3.63) is 24.0 Å². The summed E-state index contributed by atoms with van der Waals surface area (Å²) < 4.78 is 7.06. The lowest BCUT2D eigenvalue weighted by Gasteiger charge is -2.08. The van der Waals surface area contributed by atoms with Crippen molar-refractivity contribution in [2.75, 3.05) is 12.4 Å². The Hall–Kier alpha value is -2.18. The highest BCUT2D eigenvalue weighted by Gasteiger charge is 2.05. The molecule has 2 aromatic rings. The fraction of sp³-hybridized carbons (Fsp3) is 0.455. The van der Waals surface area contributed by atoms with Gasteiger partial charge in [-0.05, 0) is 13.8 Å². The first-order valence-corrected chi connectivity index (χ1v) is 5.73. The molecule has 0 spiro atoms. The number of hydrogen-bond donors (Lipinski definition) is 1. The van der Waals surface area contributed by atoms with Crippen molar-refractivity contribution >= 4 is 5.82 Å². The standard InChI is InChI=1S/C11H16N6O/c1-4-17-7-13-16-10(17)6-12-9-5-11(18-3)15-8(2)14-9/h5,7H,4,6H2,1-3H3,(H,12,14,15). The van der Waals surface area contributed by atoms with Crippen LogP contribution in [0, 0.1) is 6.92 Å². The zero-order valence-corrected chi connectivity index (χ0v) is 10.7. The van der Waals surface area contributed by atoms with Gasteiger partial charge in [0.2, 0.25) is 5.88 Å².